The highest BCUT2D eigenvalue weighted by atomic mass is 16.5. The van der Waals surface area contributed by atoms with E-state index in [9.17, 15) is 14.4 Å². The summed E-state index contributed by atoms with van der Waals surface area (Å²) < 4.78 is 5.54. The fourth-order valence-corrected chi connectivity index (χ4v) is 4.18. The van der Waals surface area contributed by atoms with Crippen molar-refractivity contribution in [1.82, 2.24) is 10.6 Å². The first kappa shape index (κ1) is 24.3. The predicted octanol–water partition coefficient (Wildman–Crippen LogP) is 4.31. The van der Waals surface area contributed by atoms with E-state index >= 15 is 0 Å². The van der Waals surface area contributed by atoms with Gasteiger partial charge < -0.3 is 20.5 Å². The van der Waals surface area contributed by atoms with Gasteiger partial charge in [-0.2, -0.15) is 0 Å². The molecule has 0 spiro atoms. The minimum absolute atomic E-state index is 0.00793. The highest BCUT2D eigenvalue weighted by Gasteiger charge is 2.29. The van der Waals surface area contributed by atoms with Crippen molar-refractivity contribution in [2.75, 3.05) is 6.61 Å². The maximum absolute atomic E-state index is 12.4. The highest BCUT2D eigenvalue weighted by Crippen LogP contribution is 2.44. The summed E-state index contributed by atoms with van der Waals surface area (Å²) in [6.45, 7) is 5.79. The van der Waals surface area contributed by atoms with Gasteiger partial charge in [0.1, 0.15) is 6.61 Å². The van der Waals surface area contributed by atoms with Crippen LogP contribution in [-0.4, -0.2) is 41.8 Å². The predicted molar refractivity (Wildman–Crippen MR) is 126 cm³/mol. The maximum Gasteiger partial charge on any atom is 0.407 e. The summed E-state index contributed by atoms with van der Waals surface area (Å²) in [7, 11) is 0. The molecule has 2 aromatic carbocycles. The lowest BCUT2D eigenvalue weighted by Crippen LogP contribution is -2.41. The number of nitrogens with one attached hydrogen (secondary N) is 2. The van der Waals surface area contributed by atoms with Crippen molar-refractivity contribution in [3.8, 4) is 11.1 Å². The van der Waals surface area contributed by atoms with Crippen molar-refractivity contribution >= 4 is 18.0 Å². The second kappa shape index (κ2) is 11.0. The van der Waals surface area contributed by atoms with Gasteiger partial charge in [0.25, 0.3) is 0 Å². The second-order valence-electron chi connectivity index (χ2n) is 8.93. The standard InChI is InChI=1S/C26H32N2O5/c1-16(2)23(14-25(30)31)28-24(29)13-12-17(3)27-26(32)33-15-22-20-10-6-4-8-18(20)19-9-5-7-11-21(19)22/h4-11,16-17,22-23H,12-15H2,1-3H3,(H,27,32)(H,28,29)(H,30,31). The van der Waals surface area contributed by atoms with Gasteiger partial charge in [0.15, 0.2) is 0 Å². The van der Waals surface area contributed by atoms with Crippen molar-refractivity contribution in [1.29, 1.82) is 0 Å². The topological polar surface area (TPSA) is 105 Å². The molecule has 0 saturated carbocycles. The molecule has 1 aliphatic carbocycles. The van der Waals surface area contributed by atoms with Gasteiger partial charge >= 0.3 is 12.1 Å². The molecular formula is C26H32N2O5. The van der Waals surface area contributed by atoms with Gasteiger partial charge in [0.2, 0.25) is 5.91 Å². The molecule has 0 radical (unpaired) electrons. The van der Waals surface area contributed by atoms with Gasteiger partial charge in [0, 0.05) is 24.4 Å². The molecule has 7 nitrogen and oxygen atoms in total. The molecule has 3 rings (SSSR count). The highest BCUT2D eigenvalue weighted by molar-refractivity contribution is 5.79. The number of ether oxygens (including phenoxy) is 1. The SMILES string of the molecule is CC(CCC(=O)NC(CC(=O)O)C(C)C)NC(=O)OCC1c2ccccc2-c2ccccc21. The van der Waals surface area contributed by atoms with Crippen LogP contribution in [0.4, 0.5) is 4.79 Å². The lowest BCUT2D eigenvalue weighted by molar-refractivity contribution is -0.138. The zero-order valence-corrected chi connectivity index (χ0v) is 19.3. The third-order valence-electron chi connectivity index (χ3n) is 6.06. The lowest BCUT2D eigenvalue weighted by Gasteiger charge is -2.21. The molecule has 7 heteroatoms. The van der Waals surface area contributed by atoms with E-state index in [0.717, 1.165) is 11.1 Å². The minimum atomic E-state index is -0.945. The van der Waals surface area contributed by atoms with Crippen LogP contribution in [0, 0.1) is 5.92 Å². The normalized spacial score (nSPS) is 14.2. The number of amides is 2. The van der Waals surface area contributed by atoms with Crippen molar-refractivity contribution in [2.45, 2.75) is 58.0 Å². The molecule has 0 heterocycles. The summed E-state index contributed by atoms with van der Waals surface area (Å²) in [6, 6.07) is 15.6. The zero-order chi connectivity index (χ0) is 24.0. The van der Waals surface area contributed by atoms with Crippen LogP contribution in [-0.2, 0) is 14.3 Å². The fourth-order valence-electron chi connectivity index (χ4n) is 4.18. The lowest BCUT2D eigenvalue weighted by atomic mass is 9.98. The van der Waals surface area contributed by atoms with E-state index in [1.54, 1.807) is 0 Å². The number of benzene rings is 2. The average Bonchev–Trinajstić information content (AvgIpc) is 3.09. The minimum Gasteiger partial charge on any atom is -0.481 e. The smallest absolute Gasteiger partial charge is 0.407 e. The molecule has 0 aromatic heterocycles. The molecule has 33 heavy (non-hydrogen) atoms. The molecule has 0 aliphatic heterocycles. The molecule has 0 fully saturated rings. The Morgan fingerprint density at radius 3 is 2.06 bits per heavy atom. The van der Waals surface area contributed by atoms with Crippen molar-refractivity contribution in [3.05, 3.63) is 59.7 Å². The number of carbonyl (C=O) groups is 3. The molecule has 176 valence electrons. The van der Waals surface area contributed by atoms with E-state index < -0.39 is 18.1 Å². The Labute approximate surface area is 194 Å². The third-order valence-corrected chi connectivity index (χ3v) is 6.06. The fraction of sp³-hybridized carbons (Fsp3) is 0.423. The van der Waals surface area contributed by atoms with Gasteiger partial charge in [-0.1, -0.05) is 62.4 Å². The molecule has 3 N–H and O–H groups in total. The Morgan fingerprint density at radius 1 is 0.939 bits per heavy atom. The van der Waals surface area contributed by atoms with Crippen LogP contribution >= 0.6 is 0 Å². The van der Waals surface area contributed by atoms with Crippen molar-refractivity contribution < 1.29 is 24.2 Å². The van der Waals surface area contributed by atoms with Crippen molar-refractivity contribution in [2.24, 2.45) is 5.92 Å². The van der Waals surface area contributed by atoms with Gasteiger partial charge in [-0.05, 0) is 41.5 Å². The monoisotopic (exact) mass is 452 g/mol. The molecule has 0 saturated heterocycles. The van der Waals surface area contributed by atoms with Crippen LogP contribution in [0.2, 0.25) is 0 Å². The van der Waals surface area contributed by atoms with E-state index in [4.69, 9.17) is 9.84 Å². The third kappa shape index (κ3) is 6.34. The van der Waals surface area contributed by atoms with E-state index in [2.05, 4.69) is 34.9 Å². The van der Waals surface area contributed by atoms with Crippen LogP contribution in [0.3, 0.4) is 0 Å². The zero-order valence-electron chi connectivity index (χ0n) is 19.3. The van der Waals surface area contributed by atoms with E-state index in [0.29, 0.717) is 6.42 Å². The first-order chi connectivity index (χ1) is 15.8. The Kier molecular flexibility index (Phi) is 8.09. The number of hydrogen-bond acceptors (Lipinski definition) is 4. The molecule has 2 atom stereocenters. The molecule has 1 aliphatic rings. The summed E-state index contributed by atoms with van der Waals surface area (Å²) in [5.74, 6) is -1.16. The summed E-state index contributed by atoms with van der Waals surface area (Å²) in [6.07, 6.45) is -0.0193. The molecule has 2 unspecified atom stereocenters. The van der Waals surface area contributed by atoms with E-state index in [1.807, 2.05) is 45.0 Å². The summed E-state index contributed by atoms with van der Waals surface area (Å²) in [5.41, 5.74) is 4.64. The van der Waals surface area contributed by atoms with Gasteiger partial charge in [-0.3, -0.25) is 9.59 Å². The van der Waals surface area contributed by atoms with Crippen LogP contribution in [0.25, 0.3) is 11.1 Å². The number of carboxylic acids is 1. The van der Waals surface area contributed by atoms with Gasteiger partial charge in [-0.25, -0.2) is 4.79 Å². The number of carboxylic acid groups (broad SMARTS) is 1. The number of rotatable bonds is 10. The maximum atomic E-state index is 12.4. The molecular weight excluding hydrogens is 420 g/mol. The van der Waals surface area contributed by atoms with Crippen LogP contribution in [0.1, 0.15) is 57.1 Å². The first-order valence-electron chi connectivity index (χ1n) is 11.4. The summed E-state index contributed by atoms with van der Waals surface area (Å²) >= 11 is 0. The van der Waals surface area contributed by atoms with E-state index in [1.165, 1.54) is 11.1 Å². The van der Waals surface area contributed by atoms with Crippen molar-refractivity contribution in [3.63, 3.8) is 0 Å². The van der Waals surface area contributed by atoms with Crippen LogP contribution in [0.5, 0.6) is 0 Å². The molecule has 0 bridgehead atoms. The molecule has 2 amide bonds. The number of alkyl carbamates (subject to hydrolysis) is 1. The Bertz CT molecular complexity index is 958. The number of fused-ring (bicyclic) bond motifs is 3. The first-order valence-corrected chi connectivity index (χ1v) is 11.4. The Hall–Kier alpha value is -3.35. The Morgan fingerprint density at radius 2 is 1.52 bits per heavy atom. The van der Waals surface area contributed by atoms with E-state index in [-0.39, 0.29) is 43.2 Å². The average molecular weight is 453 g/mol. The molecule has 2 aromatic rings. The largest absolute Gasteiger partial charge is 0.481 e. The quantitative estimate of drug-likeness (QED) is 0.498. The summed E-state index contributed by atoms with van der Waals surface area (Å²) in [5, 5.41) is 14.5. The number of hydrogen-bond donors (Lipinski definition) is 3. The second-order valence-corrected chi connectivity index (χ2v) is 8.93. The number of aliphatic carboxylic acids is 1. The Balaban J connectivity index is 1.47. The number of carbonyl (C=O) groups excluding carboxylic acids is 2. The van der Waals surface area contributed by atoms with Gasteiger partial charge in [0.05, 0.1) is 6.42 Å². The van der Waals surface area contributed by atoms with Gasteiger partial charge in [-0.15, -0.1) is 0 Å². The van der Waals surface area contributed by atoms with Crippen LogP contribution < -0.4 is 10.6 Å². The summed E-state index contributed by atoms with van der Waals surface area (Å²) in [4.78, 5) is 35.5. The van der Waals surface area contributed by atoms with Crippen LogP contribution in [0.15, 0.2) is 48.5 Å².